The smallest absolute Gasteiger partial charge is 0.127 e. The zero-order valence-corrected chi connectivity index (χ0v) is 8.15. The largest absolute Gasteiger partial charge is 0.399 e. The number of nitrogens with two attached hydrogens (primary N) is 1. The Morgan fingerprint density at radius 2 is 1.60 bits per heavy atom. The summed E-state index contributed by atoms with van der Waals surface area (Å²) in [4.78, 5) is 0. The molecule has 0 saturated carbocycles. The Bertz CT molecular complexity index is 448. The molecule has 0 amide bonds. The summed E-state index contributed by atoms with van der Waals surface area (Å²) in [6.07, 6.45) is 1.79. The van der Waals surface area contributed by atoms with Crippen LogP contribution in [0.4, 0.5) is 10.1 Å². The quantitative estimate of drug-likeness (QED) is 0.741. The van der Waals surface area contributed by atoms with Gasteiger partial charge in [-0.2, -0.15) is 0 Å². The molecule has 2 N–H and O–H groups in total. The highest BCUT2D eigenvalue weighted by Gasteiger charge is 2.01. The van der Waals surface area contributed by atoms with Gasteiger partial charge in [0.05, 0.1) is 0 Å². The molecule has 0 spiro atoms. The van der Waals surface area contributed by atoms with Gasteiger partial charge in [0.1, 0.15) is 5.82 Å². The van der Waals surface area contributed by atoms with Crippen molar-refractivity contribution < 1.29 is 4.39 Å². The molecule has 0 aliphatic heterocycles. The monoisotopic (exact) mass is 200 g/mol. The highest BCUT2D eigenvalue weighted by atomic mass is 19.1. The summed E-state index contributed by atoms with van der Waals surface area (Å²) in [6, 6.07) is 14.0. The lowest BCUT2D eigenvalue weighted by molar-refractivity contribution is 0.621. The second-order valence-electron chi connectivity index (χ2n) is 3.33. The van der Waals surface area contributed by atoms with E-state index in [2.05, 4.69) is 0 Å². The minimum Gasteiger partial charge on any atom is -0.399 e. The number of hydrogen-bond donors (Lipinski definition) is 1. The molecule has 1 radical (unpaired) electrons. The zero-order valence-electron chi connectivity index (χ0n) is 8.15. The number of anilines is 1. The second kappa shape index (κ2) is 4.13. The van der Waals surface area contributed by atoms with Crippen LogP contribution in [0, 0.1) is 12.2 Å². The van der Waals surface area contributed by atoms with Crippen molar-refractivity contribution in [1.82, 2.24) is 0 Å². The highest BCUT2D eigenvalue weighted by molar-refractivity contribution is 5.44. The van der Waals surface area contributed by atoms with Gasteiger partial charge in [0.15, 0.2) is 0 Å². The number of hydrogen-bond acceptors (Lipinski definition) is 1. The SMILES string of the molecule is Nc1ccc([CH]c2ccccc2F)cc1. The third-order valence-electron chi connectivity index (χ3n) is 2.16. The topological polar surface area (TPSA) is 26.0 Å². The first kappa shape index (κ1) is 9.71. The third kappa shape index (κ3) is 2.34. The second-order valence-corrected chi connectivity index (χ2v) is 3.33. The van der Waals surface area contributed by atoms with Crippen LogP contribution in [-0.4, -0.2) is 0 Å². The fraction of sp³-hybridized carbons (Fsp3) is 0. The Balaban J connectivity index is 2.22. The van der Waals surface area contributed by atoms with E-state index in [1.54, 1.807) is 30.7 Å². The fourth-order valence-corrected chi connectivity index (χ4v) is 1.36. The van der Waals surface area contributed by atoms with E-state index in [0.717, 1.165) is 5.56 Å². The van der Waals surface area contributed by atoms with E-state index in [1.807, 2.05) is 18.2 Å². The van der Waals surface area contributed by atoms with Crippen molar-refractivity contribution in [1.29, 1.82) is 0 Å². The Morgan fingerprint density at radius 3 is 2.27 bits per heavy atom. The van der Waals surface area contributed by atoms with E-state index in [-0.39, 0.29) is 5.82 Å². The van der Waals surface area contributed by atoms with Crippen LogP contribution in [0.5, 0.6) is 0 Å². The predicted octanol–water partition coefficient (Wildman–Crippen LogP) is 3.01. The van der Waals surface area contributed by atoms with Crippen molar-refractivity contribution >= 4 is 5.69 Å². The van der Waals surface area contributed by atoms with Gasteiger partial charge < -0.3 is 5.73 Å². The molecule has 0 saturated heterocycles. The zero-order chi connectivity index (χ0) is 10.7. The maximum absolute atomic E-state index is 13.3. The van der Waals surface area contributed by atoms with E-state index in [0.29, 0.717) is 11.3 Å². The lowest BCUT2D eigenvalue weighted by Crippen LogP contribution is -1.90. The van der Waals surface area contributed by atoms with Crippen LogP contribution in [0.25, 0.3) is 0 Å². The molecular formula is C13H11FN. The van der Waals surface area contributed by atoms with Gasteiger partial charge in [0, 0.05) is 12.1 Å². The Hall–Kier alpha value is -1.83. The van der Waals surface area contributed by atoms with Crippen molar-refractivity contribution in [3.05, 3.63) is 71.9 Å². The fourth-order valence-electron chi connectivity index (χ4n) is 1.36. The predicted molar refractivity (Wildman–Crippen MR) is 59.8 cm³/mol. The van der Waals surface area contributed by atoms with E-state index in [9.17, 15) is 4.39 Å². The number of nitrogen functional groups attached to an aromatic ring is 1. The first-order chi connectivity index (χ1) is 7.25. The molecule has 0 aliphatic rings. The van der Waals surface area contributed by atoms with Gasteiger partial charge in [-0.25, -0.2) is 4.39 Å². The van der Waals surface area contributed by atoms with Crippen molar-refractivity contribution in [2.75, 3.05) is 5.73 Å². The van der Waals surface area contributed by atoms with E-state index < -0.39 is 0 Å². The lowest BCUT2D eigenvalue weighted by atomic mass is 10.0. The van der Waals surface area contributed by atoms with Gasteiger partial charge in [0.25, 0.3) is 0 Å². The van der Waals surface area contributed by atoms with Crippen molar-refractivity contribution in [2.24, 2.45) is 0 Å². The first-order valence-corrected chi connectivity index (χ1v) is 4.70. The molecule has 1 nitrogen and oxygen atoms in total. The normalized spacial score (nSPS) is 10.2. The van der Waals surface area contributed by atoms with E-state index >= 15 is 0 Å². The molecule has 0 aliphatic carbocycles. The number of benzene rings is 2. The minimum absolute atomic E-state index is 0.214. The molecule has 0 bridgehead atoms. The van der Waals surface area contributed by atoms with Gasteiger partial charge in [-0.05, 0) is 29.3 Å². The summed E-state index contributed by atoms with van der Waals surface area (Å²) in [7, 11) is 0. The maximum atomic E-state index is 13.3. The lowest BCUT2D eigenvalue weighted by Gasteiger charge is -2.02. The summed E-state index contributed by atoms with van der Waals surface area (Å²) in [5.41, 5.74) is 7.80. The van der Waals surface area contributed by atoms with Crippen LogP contribution in [-0.2, 0) is 0 Å². The molecule has 75 valence electrons. The maximum Gasteiger partial charge on any atom is 0.127 e. The van der Waals surface area contributed by atoms with Crippen LogP contribution in [0.2, 0.25) is 0 Å². The van der Waals surface area contributed by atoms with Gasteiger partial charge >= 0.3 is 0 Å². The molecule has 2 aromatic carbocycles. The van der Waals surface area contributed by atoms with Crippen LogP contribution in [0.1, 0.15) is 11.1 Å². The summed E-state index contributed by atoms with van der Waals surface area (Å²) < 4.78 is 13.3. The molecule has 0 heterocycles. The van der Waals surface area contributed by atoms with Gasteiger partial charge in [-0.1, -0.05) is 30.3 Å². The Morgan fingerprint density at radius 1 is 0.933 bits per heavy atom. The molecule has 2 heteroatoms. The molecule has 2 aromatic rings. The summed E-state index contributed by atoms with van der Waals surface area (Å²) >= 11 is 0. The van der Waals surface area contributed by atoms with E-state index in [1.165, 1.54) is 6.07 Å². The molecule has 0 unspecified atom stereocenters. The summed E-state index contributed by atoms with van der Waals surface area (Å²) in [5.74, 6) is -0.214. The number of halogens is 1. The summed E-state index contributed by atoms with van der Waals surface area (Å²) in [5, 5.41) is 0. The average Bonchev–Trinajstić information content (AvgIpc) is 2.25. The standard InChI is InChI=1S/C13H11FN/c14-13-4-2-1-3-11(13)9-10-5-7-12(15)8-6-10/h1-9H,15H2. The van der Waals surface area contributed by atoms with Crippen LogP contribution >= 0.6 is 0 Å². The highest BCUT2D eigenvalue weighted by Crippen LogP contribution is 2.16. The van der Waals surface area contributed by atoms with Crippen molar-refractivity contribution in [3.8, 4) is 0 Å². The molecule has 0 aromatic heterocycles. The molecule has 0 atom stereocenters. The molecular weight excluding hydrogens is 189 g/mol. The molecule has 0 fully saturated rings. The van der Waals surface area contributed by atoms with Gasteiger partial charge in [-0.3, -0.25) is 0 Å². The average molecular weight is 200 g/mol. The van der Waals surface area contributed by atoms with Crippen molar-refractivity contribution in [2.45, 2.75) is 0 Å². The minimum atomic E-state index is -0.214. The molecule has 2 rings (SSSR count). The molecule has 15 heavy (non-hydrogen) atoms. The Labute approximate surface area is 88.4 Å². The van der Waals surface area contributed by atoms with Gasteiger partial charge in [0.2, 0.25) is 0 Å². The van der Waals surface area contributed by atoms with Gasteiger partial charge in [-0.15, -0.1) is 0 Å². The first-order valence-electron chi connectivity index (χ1n) is 4.70. The van der Waals surface area contributed by atoms with Crippen LogP contribution in [0.15, 0.2) is 48.5 Å². The Kier molecular flexibility index (Phi) is 2.68. The third-order valence-corrected chi connectivity index (χ3v) is 2.16. The van der Waals surface area contributed by atoms with Crippen LogP contribution < -0.4 is 5.73 Å². The van der Waals surface area contributed by atoms with Crippen molar-refractivity contribution in [3.63, 3.8) is 0 Å². The number of rotatable bonds is 2. The van der Waals surface area contributed by atoms with Crippen LogP contribution in [0.3, 0.4) is 0 Å². The summed E-state index contributed by atoms with van der Waals surface area (Å²) in [6.45, 7) is 0. The van der Waals surface area contributed by atoms with E-state index in [4.69, 9.17) is 5.73 Å².